The largest absolute Gasteiger partial charge is 0.384 e. The van der Waals surface area contributed by atoms with Crippen LogP contribution in [-0.4, -0.2) is 16.0 Å². The van der Waals surface area contributed by atoms with E-state index in [9.17, 15) is 0 Å². The molecule has 1 aromatic heterocycles. The first-order chi connectivity index (χ1) is 9.34. The van der Waals surface area contributed by atoms with Crippen LogP contribution < -0.4 is 11.1 Å². The van der Waals surface area contributed by atoms with E-state index in [0.29, 0.717) is 11.9 Å². The van der Waals surface area contributed by atoms with E-state index in [1.54, 1.807) is 0 Å². The van der Waals surface area contributed by atoms with Gasteiger partial charge in [0.15, 0.2) is 0 Å². The Morgan fingerprint density at radius 2 is 1.90 bits per heavy atom. The predicted octanol–water partition coefficient (Wildman–Crippen LogP) is 3.74. The Balaban J connectivity index is 2.11. The van der Waals surface area contributed by atoms with Gasteiger partial charge in [-0.1, -0.05) is 40.5 Å². The van der Waals surface area contributed by atoms with Crippen LogP contribution in [0.1, 0.15) is 65.6 Å². The molecule has 3 N–H and O–H groups in total. The maximum Gasteiger partial charge on any atom is 0.138 e. The molecular formula is C16H28N4. The minimum absolute atomic E-state index is 0.0796. The summed E-state index contributed by atoms with van der Waals surface area (Å²) in [7, 11) is 0. The summed E-state index contributed by atoms with van der Waals surface area (Å²) in [5, 5.41) is 3.56. The lowest BCUT2D eigenvalue weighted by atomic mass is 9.96. The van der Waals surface area contributed by atoms with Gasteiger partial charge >= 0.3 is 0 Å². The maximum atomic E-state index is 5.92. The van der Waals surface area contributed by atoms with E-state index in [0.717, 1.165) is 17.6 Å². The van der Waals surface area contributed by atoms with Gasteiger partial charge in [0.25, 0.3) is 0 Å². The van der Waals surface area contributed by atoms with Crippen LogP contribution in [0.4, 0.5) is 11.6 Å². The lowest BCUT2D eigenvalue weighted by Gasteiger charge is -2.21. The third kappa shape index (κ3) is 4.09. The Bertz CT molecular complexity index is 450. The van der Waals surface area contributed by atoms with E-state index < -0.39 is 0 Å². The highest BCUT2D eigenvalue weighted by Gasteiger charge is 2.20. The fraction of sp³-hybridized carbons (Fsp3) is 0.750. The molecule has 0 spiro atoms. The van der Waals surface area contributed by atoms with Gasteiger partial charge in [0.1, 0.15) is 17.5 Å². The number of aromatic nitrogens is 2. The molecule has 1 saturated carbocycles. The van der Waals surface area contributed by atoms with Gasteiger partial charge in [0, 0.05) is 17.5 Å². The first-order valence-electron chi connectivity index (χ1n) is 7.76. The molecule has 20 heavy (non-hydrogen) atoms. The second-order valence-corrected chi connectivity index (χ2v) is 7.21. The number of rotatable bonds is 2. The van der Waals surface area contributed by atoms with Crippen LogP contribution in [0.15, 0.2) is 6.07 Å². The van der Waals surface area contributed by atoms with Crippen molar-refractivity contribution < 1.29 is 0 Å². The van der Waals surface area contributed by atoms with Crippen LogP contribution in [0, 0.1) is 5.92 Å². The van der Waals surface area contributed by atoms with E-state index in [4.69, 9.17) is 5.73 Å². The molecule has 1 aromatic rings. The molecule has 1 aliphatic rings. The monoisotopic (exact) mass is 276 g/mol. The number of nitrogens with one attached hydrogen (secondary N) is 1. The van der Waals surface area contributed by atoms with Crippen molar-refractivity contribution in [1.29, 1.82) is 0 Å². The zero-order valence-corrected chi connectivity index (χ0v) is 13.2. The maximum absolute atomic E-state index is 5.92. The zero-order valence-electron chi connectivity index (χ0n) is 13.2. The highest BCUT2D eigenvalue weighted by molar-refractivity contribution is 5.46. The summed E-state index contributed by atoms with van der Waals surface area (Å²) in [5.41, 5.74) is 5.84. The molecule has 2 unspecified atom stereocenters. The molecule has 4 nitrogen and oxygen atoms in total. The number of hydrogen-bond acceptors (Lipinski definition) is 4. The van der Waals surface area contributed by atoms with Gasteiger partial charge in [0.2, 0.25) is 0 Å². The Labute approximate surface area is 122 Å². The van der Waals surface area contributed by atoms with Gasteiger partial charge in [-0.15, -0.1) is 0 Å². The summed E-state index contributed by atoms with van der Waals surface area (Å²) < 4.78 is 0. The SMILES string of the molecule is CC1CCCC(Nc2cc(N)nc(C(C)(C)C)n2)CC1. The van der Waals surface area contributed by atoms with Crippen molar-refractivity contribution >= 4 is 11.6 Å². The van der Waals surface area contributed by atoms with Gasteiger partial charge in [-0.05, 0) is 25.2 Å². The number of nitrogen functional groups attached to an aromatic ring is 1. The second-order valence-electron chi connectivity index (χ2n) is 7.21. The Morgan fingerprint density at radius 1 is 1.15 bits per heavy atom. The van der Waals surface area contributed by atoms with Crippen molar-refractivity contribution in [3.8, 4) is 0 Å². The number of nitrogens with two attached hydrogens (primary N) is 1. The lowest BCUT2D eigenvalue weighted by molar-refractivity contribution is 0.501. The van der Waals surface area contributed by atoms with Crippen molar-refractivity contribution in [2.24, 2.45) is 5.92 Å². The Kier molecular flexibility index (Phi) is 4.51. The van der Waals surface area contributed by atoms with Crippen molar-refractivity contribution in [3.63, 3.8) is 0 Å². The van der Waals surface area contributed by atoms with E-state index in [2.05, 4.69) is 43.0 Å². The van der Waals surface area contributed by atoms with Crippen LogP contribution in [0.25, 0.3) is 0 Å². The van der Waals surface area contributed by atoms with Gasteiger partial charge in [-0.3, -0.25) is 0 Å². The number of anilines is 2. The topological polar surface area (TPSA) is 63.8 Å². The zero-order chi connectivity index (χ0) is 14.8. The van der Waals surface area contributed by atoms with Crippen molar-refractivity contribution in [3.05, 3.63) is 11.9 Å². The highest BCUT2D eigenvalue weighted by atomic mass is 15.1. The molecule has 1 heterocycles. The molecule has 4 heteroatoms. The van der Waals surface area contributed by atoms with Crippen molar-refractivity contribution in [1.82, 2.24) is 9.97 Å². The van der Waals surface area contributed by atoms with E-state index in [1.807, 2.05) is 6.07 Å². The average molecular weight is 276 g/mol. The van der Waals surface area contributed by atoms with Gasteiger partial charge < -0.3 is 11.1 Å². The summed E-state index contributed by atoms with van der Waals surface area (Å²) >= 11 is 0. The van der Waals surface area contributed by atoms with Gasteiger partial charge in [-0.25, -0.2) is 9.97 Å². The van der Waals surface area contributed by atoms with Crippen LogP contribution >= 0.6 is 0 Å². The molecule has 0 saturated heterocycles. The number of nitrogens with zero attached hydrogens (tertiary/aromatic N) is 2. The normalized spacial score (nSPS) is 24.2. The molecule has 2 rings (SSSR count). The Morgan fingerprint density at radius 3 is 2.60 bits per heavy atom. The molecule has 0 amide bonds. The highest BCUT2D eigenvalue weighted by Crippen LogP contribution is 2.26. The average Bonchev–Trinajstić information content (AvgIpc) is 2.53. The lowest BCUT2D eigenvalue weighted by Crippen LogP contribution is -2.22. The molecule has 0 aromatic carbocycles. The molecule has 112 valence electrons. The fourth-order valence-corrected chi connectivity index (χ4v) is 2.72. The van der Waals surface area contributed by atoms with Crippen LogP contribution in [0.2, 0.25) is 0 Å². The summed E-state index contributed by atoms with van der Waals surface area (Å²) in [4.78, 5) is 9.00. The third-order valence-corrected chi connectivity index (χ3v) is 4.03. The van der Waals surface area contributed by atoms with Crippen molar-refractivity contribution in [2.75, 3.05) is 11.1 Å². The summed E-state index contributed by atoms with van der Waals surface area (Å²) in [6, 6.07) is 2.37. The molecular weight excluding hydrogens is 248 g/mol. The van der Waals surface area contributed by atoms with Crippen LogP contribution in [0.3, 0.4) is 0 Å². The minimum Gasteiger partial charge on any atom is -0.384 e. The first-order valence-corrected chi connectivity index (χ1v) is 7.76. The van der Waals surface area contributed by atoms with Crippen molar-refractivity contribution in [2.45, 2.75) is 71.3 Å². The van der Waals surface area contributed by atoms with Crippen LogP contribution in [0.5, 0.6) is 0 Å². The minimum atomic E-state index is -0.0796. The van der Waals surface area contributed by atoms with Gasteiger partial charge in [-0.2, -0.15) is 0 Å². The predicted molar refractivity (Wildman–Crippen MR) is 84.8 cm³/mol. The summed E-state index contributed by atoms with van der Waals surface area (Å²) in [6.07, 6.45) is 6.38. The first kappa shape index (κ1) is 15.1. The van der Waals surface area contributed by atoms with Crippen LogP contribution in [-0.2, 0) is 5.41 Å². The smallest absolute Gasteiger partial charge is 0.138 e. The molecule has 0 radical (unpaired) electrons. The van der Waals surface area contributed by atoms with Gasteiger partial charge in [0.05, 0.1) is 0 Å². The van der Waals surface area contributed by atoms with E-state index in [-0.39, 0.29) is 5.41 Å². The fourth-order valence-electron chi connectivity index (χ4n) is 2.72. The second kappa shape index (κ2) is 5.98. The number of hydrogen-bond donors (Lipinski definition) is 2. The molecule has 0 aliphatic heterocycles. The quantitative estimate of drug-likeness (QED) is 0.808. The molecule has 1 fully saturated rings. The Hall–Kier alpha value is -1.32. The molecule has 2 atom stereocenters. The van der Waals surface area contributed by atoms with E-state index >= 15 is 0 Å². The van der Waals surface area contributed by atoms with E-state index in [1.165, 1.54) is 32.1 Å². The standard InChI is InChI=1S/C16H28N4/c1-11-6-5-7-12(9-8-11)18-14-10-13(17)19-15(20-14)16(2,3)4/h10-12H,5-9H2,1-4H3,(H3,17,18,19,20). The molecule has 0 bridgehead atoms. The molecule has 1 aliphatic carbocycles. The summed E-state index contributed by atoms with van der Waals surface area (Å²) in [6.45, 7) is 8.68. The third-order valence-electron chi connectivity index (χ3n) is 4.03. The summed E-state index contributed by atoms with van der Waals surface area (Å²) in [5.74, 6) is 3.08.